The van der Waals surface area contributed by atoms with E-state index in [1.807, 2.05) is 0 Å². The predicted octanol–water partition coefficient (Wildman–Crippen LogP) is -3.97. The highest BCUT2D eigenvalue weighted by Gasteiger charge is 2.50. The summed E-state index contributed by atoms with van der Waals surface area (Å²) in [6.07, 6.45) is -16.5. The minimum atomic E-state index is -3.93. The van der Waals surface area contributed by atoms with Crippen LogP contribution in [-0.4, -0.2) is 125 Å². The number of ether oxygens (including phenoxy) is 3. The molecule has 2 aliphatic rings. The Kier molecular flexibility index (Phi) is 8.91. The van der Waals surface area contributed by atoms with E-state index in [1.54, 1.807) is 0 Å². The van der Waals surface area contributed by atoms with Crippen LogP contribution in [0.1, 0.15) is 0 Å². The van der Waals surface area contributed by atoms with Crippen LogP contribution in [0.25, 0.3) is 0 Å². The van der Waals surface area contributed by atoms with E-state index in [1.165, 1.54) is 0 Å². The molecule has 7 N–H and O–H groups in total. The Balaban J connectivity index is 2.08. The maximum atomic E-state index is 11.9. The molecule has 6 unspecified atom stereocenters. The number of hydrogen-bond donors (Lipinski definition) is 7. The number of aliphatic hydroxyl groups is 7. The lowest BCUT2D eigenvalue weighted by atomic mass is 9.98. The standard InChI is InChI=1S/C14H27O14P/c1-23-29(22,24-2)25-4-6-8(17)10(19)12(21)14(27-6)28-13-11(20)9(18)7(16)5(3-15)26-13/h5-21H,3-4H2,1-2H3/t5?,6?,7-,8-,9?,10?,11?,12?,13-,14-/m1/s1. The fraction of sp³-hybridized carbons (Fsp3) is 1.00. The summed E-state index contributed by atoms with van der Waals surface area (Å²) in [6, 6.07) is 0. The van der Waals surface area contributed by atoms with E-state index in [2.05, 4.69) is 9.05 Å². The third-order valence-electron chi connectivity index (χ3n) is 4.63. The lowest BCUT2D eigenvalue weighted by molar-refractivity contribution is -0.376. The van der Waals surface area contributed by atoms with Crippen LogP contribution in [0.5, 0.6) is 0 Å². The molecule has 0 aromatic carbocycles. The molecule has 0 amide bonds. The quantitative estimate of drug-likeness (QED) is 0.176. The van der Waals surface area contributed by atoms with Gasteiger partial charge in [0.2, 0.25) is 0 Å². The zero-order chi connectivity index (χ0) is 21.9. The summed E-state index contributed by atoms with van der Waals surface area (Å²) in [4.78, 5) is 0. The highest BCUT2D eigenvalue weighted by molar-refractivity contribution is 7.48. The van der Waals surface area contributed by atoms with Crippen LogP contribution in [0, 0.1) is 0 Å². The second-order valence-electron chi connectivity index (χ2n) is 6.46. The average molecular weight is 450 g/mol. The molecule has 2 fully saturated rings. The SMILES string of the molecule is COP(=O)(OC)OCC1O[C@H](O[C@H]2OC(CO)[C@@H](O)C(O)C2O)C(O)C(O)[C@@H]1O. The van der Waals surface area contributed by atoms with Gasteiger partial charge in [0.25, 0.3) is 0 Å². The number of aliphatic hydroxyl groups excluding tert-OH is 7. The maximum absolute atomic E-state index is 11.9. The molecule has 0 radical (unpaired) electrons. The number of hydrogen-bond acceptors (Lipinski definition) is 14. The summed E-state index contributed by atoms with van der Waals surface area (Å²) in [7, 11) is -1.81. The van der Waals surface area contributed by atoms with Crippen molar-refractivity contribution in [1.29, 1.82) is 0 Å². The van der Waals surface area contributed by atoms with E-state index in [0.717, 1.165) is 14.2 Å². The Hall–Kier alpha value is -0.290. The predicted molar refractivity (Wildman–Crippen MR) is 89.1 cm³/mol. The summed E-state index contributed by atoms with van der Waals surface area (Å²) >= 11 is 0. The molecule has 0 aromatic rings. The molecule has 14 nitrogen and oxygen atoms in total. The van der Waals surface area contributed by atoms with Crippen LogP contribution in [0.15, 0.2) is 0 Å². The summed E-state index contributed by atoms with van der Waals surface area (Å²) in [5.74, 6) is 0. The lowest BCUT2D eigenvalue weighted by Crippen LogP contribution is -2.63. The Bertz CT molecular complexity index is 554. The second kappa shape index (κ2) is 10.3. The van der Waals surface area contributed by atoms with Crippen LogP contribution in [0.2, 0.25) is 0 Å². The van der Waals surface area contributed by atoms with Gasteiger partial charge in [-0.25, -0.2) is 4.57 Å². The lowest BCUT2D eigenvalue weighted by Gasteiger charge is -2.44. The van der Waals surface area contributed by atoms with Crippen LogP contribution in [0.3, 0.4) is 0 Å². The van der Waals surface area contributed by atoms with Crippen molar-refractivity contribution < 1.29 is 68.1 Å². The Morgan fingerprint density at radius 2 is 1.21 bits per heavy atom. The van der Waals surface area contributed by atoms with Crippen LogP contribution >= 0.6 is 7.82 Å². The maximum Gasteiger partial charge on any atom is 0.474 e. The average Bonchev–Trinajstić information content (AvgIpc) is 2.73. The van der Waals surface area contributed by atoms with E-state index in [-0.39, 0.29) is 0 Å². The largest absolute Gasteiger partial charge is 0.474 e. The third kappa shape index (κ3) is 5.50. The minimum absolute atomic E-state index is 0.599. The molecule has 29 heavy (non-hydrogen) atoms. The summed E-state index contributed by atoms with van der Waals surface area (Å²) in [5.41, 5.74) is 0. The normalized spacial score (nSPS) is 44.0. The zero-order valence-electron chi connectivity index (χ0n) is 15.6. The van der Waals surface area contributed by atoms with E-state index >= 15 is 0 Å². The molecule has 0 aromatic heterocycles. The number of rotatable bonds is 8. The fourth-order valence-electron chi connectivity index (χ4n) is 2.82. The van der Waals surface area contributed by atoms with Gasteiger partial charge in [0.1, 0.15) is 48.8 Å². The molecule has 2 saturated heterocycles. The van der Waals surface area contributed by atoms with Gasteiger partial charge in [-0.3, -0.25) is 13.6 Å². The van der Waals surface area contributed by atoms with Crippen molar-refractivity contribution in [2.75, 3.05) is 27.4 Å². The first-order valence-corrected chi connectivity index (χ1v) is 10.1. The van der Waals surface area contributed by atoms with Gasteiger partial charge in [-0.05, 0) is 0 Å². The van der Waals surface area contributed by atoms with Crippen molar-refractivity contribution in [3.8, 4) is 0 Å². The molecule has 15 heteroatoms. The summed E-state index contributed by atoms with van der Waals surface area (Å²) in [6.45, 7) is -1.31. The van der Waals surface area contributed by atoms with Gasteiger partial charge in [-0.2, -0.15) is 0 Å². The Morgan fingerprint density at radius 1 is 0.759 bits per heavy atom. The highest BCUT2D eigenvalue weighted by atomic mass is 31.2. The van der Waals surface area contributed by atoms with Gasteiger partial charge in [0, 0.05) is 14.2 Å². The molecular formula is C14H27O14P. The molecule has 2 rings (SSSR count). The Morgan fingerprint density at radius 3 is 1.66 bits per heavy atom. The van der Waals surface area contributed by atoms with Crippen molar-refractivity contribution in [2.24, 2.45) is 0 Å². The molecule has 0 saturated carbocycles. The van der Waals surface area contributed by atoms with Crippen LogP contribution in [0.4, 0.5) is 0 Å². The van der Waals surface area contributed by atoms with Crippen molar-refractivity contribution in [3.63, 3.8) is 0 Å². The van der Waals surface area contributed by atoms with Crippen molar-refractivity contribution in [1.82, 2.24) is 0 Å². The van der Waals surface area contributed by atoms with Gasteiger partial charge >= 0.3 is 7.82 Å². The smallest absolute Gasteiger partial charge is 0.394 e. The molecule has 0 aliphatic carbocycles. The van der Waals surface area contributed by atoms with Crippen LogP contribution in [-0.2, 0) is 32.3 Å². The number of phosphoric ester groups is 1. The Labute approximate surface area is 165 Å². The monoisotopic (exact) mass is 450 g/mol. The van der Waals surface area contributed by atoms with Gasteiger partial charge < -0.3 is 50.0 Å². The molecule has 2 heterocycles. The van der Waals surface area contributed by atoms with Crippen LogP contribution < -0.4 is 0 Å². The van der Waals surface area contributed by atoms with E-state index in [4.69, 9.17) is 18.7 Å². The van der Waals surface area contributed by atoms with Crippen molar-refractivity contribution in [2.45, 2.75) is 61.4 Å². The highest BCUT2D eigenvalue weighted by Crippen LogP contribution is 2.48. The van der Waals surface area contributed by atoms with Gasteiger partial charge in [0.05, 0.1) is 13.2 Å². The van der Waals surface area contributed by atoms with Crippen molar-refractivity contribution in [3.05, 3.63) is 0 Å². The van der Waals surface area contributed by atoms with Gasteiger partial charge in [-0.15, -0.1) is 0 Å². The molecule has 10 atom stereocenters. The van der Waals surface area contributed by atoms with Gasteiger partial charge in [0.15, 0.2) is 12.6 Å². The molecule has 2 aliphatic heterocycles. The minimum Gasteiger partial charge on any atom is -0.394 e. The zero-order valence-corrected chi connectivity index (χ0v) is 16.5. The first-order valence-electron chi connectivity index (χ1n) is 8.60. The summed E-state index contributed by atoms with van der Waals surface area (Å²) < 4.78 is 41.7. The van der Waals surface area contributed by atoms with E-state index in [0.29, 0.717) is 0 Å². The molecule has 172 valence electrons. The number of phosphoric acid groups is 1. The van der Waals surface area contributed by atoms with E-state index in [9.17, 15) is 40.3 Å². The summed E-state index contributed by atoms with van der Waals surface area (Å²) in [5, 5.41) is 69.0. The first kappa shape index (κ1) is 25.0. The van der Waals surface area contributed by atoms with E-state index < -0.39 is 82.4 Å². The fourth-order valence-corrected chi connectivity index (χ4v) is 3.51. The second-order valence-corrected chi connectivity index (χ2v) is 8.34. The molecular weight excluding hydrogens is 423 g/mol. The molecule has 0 spiro atoms. The molecule has 0 bridgehead atoms. The van der Waals surface area contributed by atoms with Crippen molar-refractivity contribution >= 4 is 7.82 Å². The van der Waals surface area contributed by atoms with Gasteiger partial charge in [-0.1, -0.05) is 0 Å². The first-order chi connectivity index (χ1) is 13.6. The third-order valence-corrected chi connectivity index (χ3v) is 5.99. The topological polar surface area (TPSA) is 214 Å².